The number of amides is 1. The summed E-state index contributed by atoms with van der Waals surface area (Å²) in [6.45, 7) is 1.54. The van der Waals surface area contributed by atoms with Gasteiger partial charge in [0.05, 0.1) is 11.1 Å². The number of carbonyl (C=O) groups excluding carboxylic acids is 1. The van der Waals surface area contributed by atoms with Crippen molar-refractivity contribution in [3.63, 3.8) is 0 Å². The average Bonchev–Trinajstić information content (AvgIpc) is 3.64. The summed E-state index contributed by atoms with van der Waals surface area (Å²) in [6.07, 6.45) is -0.890. The molecule has 2 aromatic carbocycles. The van der Waals surface area contributed by atoms with Crippen LogP contribution in [0, 0.1) is 5.82 Å². The molecule has 1 amide bonds. The van der Waals surface area contributed by atoms with E-state index < -0.39 is 34.4 Å². The van der Waals surface area contributed by atoms with Gasteiger partial charge in [0.25, 0.3) is 5.91 Å². The number of alkyl halides is 3. The van der Waals surface area contributed by atoms with E-state index in [-0.39, 0.29) is 27.8 Å². The number of para-hydroxylation sites is 1. The van der Waals surface area contributed by atoms with Gasteiger partial charge in [-0.3, -0.25) is 14.9 Å². The SMILES string of the molecule is CS(=O)N(O)C(=O)c1cc(C2CC2)c(CN2CCC(Oc3ccccc3C(F)(F)F)CC2)cc1F. The molecule has 0 spiro atoms. The van der Waals surface area contributed by atoms with Crippen molar-refractivity contribution in [2.75, 3.05) is 19.3 Å². The quantitative estimate of drug-likeness (QED) is 0.324. The van der Waals surface area contributed by atoms with E-state index in [1.807, 2.05) is 0 Å². The van der Waals surface area contributed by atoms with Crippen LogP contribution in [0.2, 0.25) is 0 Å². The molecule has 11 heteroatoms. The highest BCUT2D eigenvalue weighted by Gasteiger charge is 2.35. The molecule has 35 heavy (non-hydrogen) atoms. The molecule has 1 heterocycles. The number of likely N-dealkylation sites (tertiary alicyclic amines) is 1. The Bertz CT molecular complexity index is 1120. The van der Waals surface area contributed by atoms with Crippen LogP contribution in [0.15, 0.2) is 36.4 Å². The topological polar surface area (TPSA) is 70.1 Å². The number of hydroxylamine groups is 1. The molecule has 1 saturated carbocycles. The Morgan fingerprint density at radius 3 is 2.43 bits per heavy atom. The number of hydrogen-bond donors (Lipinski definition) is 1. The first-order chi connectivity index (χ1) is 16.5. The van der Waals surface area contributed by atoms with Crippen LogP contribution in [0.1, 0.15) is 58.6 Å². The van der Waals surface area contributed by atoms with E-state index in [1.165, 1.54) is 30.3 Å². The van der Waals surface area contributed by atoms with Gasteiger partial charge in [0.1, 0.15) is 28.7 Å². The first kappa shape index (κ1) is 25.6. The Kier molecular flexibility index (Phi) is 7.48. The second-order valence-corrected chi connectivity index (χ2v) is 10.1. The van der Waals surface area contributed by atoms with Gasteiger partial charge >= 0.3 is 6.18 Å². The maximum Gasteiger partial charge on any atom is 0.419 e. The molecule has 4 rings (SSSR count). The second kappa shape index (κ2) is 10.2. The number of piperidine rings is 1. The van der Waals surface area contributed by atoms with Crippen molar-refractivity contribution in [3.05, 3.63) is 64.5 Å². The number of carbonyl (C=O) groups is 1. The fraction of sp³-hybridized carbons (Fsp3) is 0.458. The summed E-state index contributed by atoms with van der Waals surface area (Å²) in [5, 5.41) is 9.68. The summed E-state index contributed by atoms with van der Waals surface area (Å²) >= 11 is 0. The van der Waals surface area contributed by atoms with E-state index in [1.54, 1.807) is 0 Å². The fourth-order valence-corrected chi connectivity index (χ4v) is 4.67. The lowest BCUT2D eigenvalue weighted by Crippen LogP contribution is -2.38. The minimum absolute atomic E-state index is 0.0104. The van der Waals surface area contributed by atoms with Gasteiger partial charge in [0, 0.05) is 25.9 Å². The first-order valence-electron chi connectivity index (χ1n) is 11.3. The van der Waals surface area contributed by atoms with Crippen LogP contribution in [-0.2, 0) is 23.7 Å². The van der Waals surface area contributed by atoms with Crippen molar-refractivity contribution in [1.29, 1.82) is 0 Å². The van der Waals surface area contributed by atoms with E-state index in [2.05, 4.69) is 4.90 Å². The second-order valence-electron chi connectivity index (χ2n) is 8.89. The molecule has 0 bridgehead atoms. The van der Waals surface area contributed by atoms with Gasteiger partial charge in [0.15, 0.2) is 0 Å². The molecule has 1 unspecified atom stereocenters. The van der Waals surface area contributed by atoms with Gasteiger partial charge in [0.2, 0.25) is 0 Å². The summed E-state index contributed by atoms with van der Waals surface area (Å²) in [5.41, 5.74) is 0.423. The van der Waals surface area contributed by atoms with Crippen molar-refractivity contribution in [1.82, 2.24) is 9.37 Å². The van der Waals surface area contributed by atoms with Crippen LogP contribution in [0.5, 0.6) is 5.75 Å². The molecule has 6 nitrogen and oxygen atoms in total. The van der Waals surface area contributed by atoms with Gasteiger partial charge < -0.3 is 4.74 Å². The third kappa shape index (κ3) is 6.02. The van der Waals surface area contributed by atoms with Crippen LogP contribution < -0.4 is 4.74 Å². The van der Waals surface area contributed by atoms with Crippen molar-refractivity contribution in [2.45, 2.75) is 50.4 Å². The molecule has 1 atom stereocenters. The highest BCUT2D eigenvalue weighted by Crippen LogP contribution is 2.43. The number of benzene rings is 2. The van der Waals surface area contributed by atoms with E-state index in [0.29, 0.717) is 32.5 Å². The lowest BCUT2D eigenvalue weighted by atomic mass is 9.97. The predicted octanol–water partition coefficient (Wildman–Crippen LogP) is 4.89. The highest BCUT2D eigenvalue weighted by molar-refractivity contribution is 7.82. The predicted molar refractivity (Wildman–Crippen MR) is 121 cm³/mol. The van der Waals surface area contributed by atoms with Crippen molar-refractivity contribution >= 4 is 16.9 Å². The summed E-state index contributed by atoms with van der Waals surface area (Å²) < 4.78 is 71.6. The third-order valence-electron chi connectivity index (χ3n) is 6.31. The molecule has 1 N–H and O–H groups in total. The Morgan fingerprint density at radius 2 is 1.83 bits per heavy atom. The highest BCUT2D eigenvalue weighted by atomic mass is 32.2. The molecule has 2 aromatic rings. The Morgan fingerprint density at radius 1 is 1.17 bits per heavy atom. The standard InChI is InChI=1S/C24H26F4N2O4S/c1-35(33)30(32)23(31)19-13-18(15-6-7-15)16(12-21(19)25)14-29-10-8-17(9-11-29)34-22-5-3-2-4-20(22)24(26,27)28/h2-5,12-13,15,17,32H,6-11,14H2,1H3. The first-order valence-corrected chi connectivity index (χ1v) is 12.8. The number of nitrogens with zero attached hydrogens (tertiary/aromatic N) is 2. The van der Waals surface area contributed by atoms with Crippen LogP contribution in [0.4, 0.5) is 17.6 Å². The van der Waals surface area contributed by atoms with Crippen LogP contribution in [-0.4, -0.2) is 50.1 Å². The number of ether oxygens (including phenoxy) is 1. The van der Waals surface area contributed by atoms with Gasteiger partial charge in [-0.05, 0) is 67.0 Å². The fourth-order valence-electron chi connectivity index (χ4n) is 4.34. The molecule has 1 aliphatic carbocycles. The molecule has 2 fully saturated rings. The van der Waals surface area contributed by atoms with Crippen LogP contribution in [0.3, 0.4) is 0 Å². The van der Waals surface area contributed by atoms with E-state index >= 15 is 0 Å². The largest absolute Gasteiger partial charge is 0.490 e. The number of rotatable bonds is 7. The Labute approximate surface area is 203 Å². The molecule has 1 saturated heterocycles. The number of hydrogen-bond acceptors (Lipinski definition) is 5. The monoisotopic (exact) mass is 514 g/mol. The van der Waals surface area contributed by atoms with Crippen LogP contribution in [0.25, 0.3) is 0 Å². The van der Waals surface area contributed by atoms with Crippen molar-refractivity contribution < 1.29 is 36.5 Å². The van der Waals surface area contributed by atoms with Crippen molar-refractivity contribution in [2.24, 2.45) is 0 Å². The smallest absolute Gasteiger partial charge is 0.419 e. The van der Waals surface area contributed by atoms with E-state index in [9.17, 15) is 31.8 Å². The summed E-state index contributed by atoms with van der Waals surface area (Å²) in [4.78, 5) is 14.4. The maximum atomic E-state index is 14.8. The molecular weight excluding hydrogens is 488 g/mol. The summed E-state index contributed by atoms with van der Waals surface area (Å²) in [7, 11) is -2.00. The average molecular weight is 515 g/mol. The zero-order valence-electron chi connectivity index (χ0n) is 19.1. The zero-order chi connectivity index (χ0) is 25.3. The Hall–Kier alpha value is -2.50. The zero-order valence-corrected chi connectivity index (χ0v) is 19.9. The maximum absolute atomic E-state index is 14.8. The third-order valence-corrected chi connectivity index (χ3v) is 6.96. The summed E-state index contributed by atoms with van der Waals surface area (Å²) in [5.74, 6) is -1.85. The van der Waals surface area contributed by atoms with Crippen molar-refractivity contribution in [3.8, 4) is 5.75 Å². The lowest BCUT2D eigenvalue weighted by Gasteiger charge is -2.33. The molecule has 190 valence electrons. The molecular formula is C24H26F4N2O4S. The Balaban J connectivity index is 1.43. The minimum atomic E-state index is -4.49. The van der Waals surface area contributed by atoms with Gasteiger partial charge in [-0.15, -0.1) is 4.47 Å². The van der Waals surface area contributed by atoms with Gasteiger partial charge in [-0.2, -0.15) is 13.2 Å². The molecule has 0 radical (unpaired) electrons. The molecule has 2 aliphatic rings. The molecule has 0 aromatic heterocycles. The summed E-state index contributed by atoms with van der Waals surface area (Å²) in [6, 6.07) is 7.88. The molecule has 1 aliphatic heterocycles. The van der Waals surface area contributed by atoms with E-state index in [0.717, 1.165) is 36.3 Å². The van der Waals surface area contributed by atoms with E-state index in [4.69, 9.17) is 4.74 Å². The van der Waals surface area contributed by atoms with Crippen LogP contribution >= 0.6 is 0 Å². The van der Waals surface area contributed by atoms with Gasteiger partial charge in [-0.25, -0.2) is 8.60 Å². The minimum Gasteiger partial charge on any atom is -0.490 e. The lowest BCUT2D eigenvalue weighted by molar-refractivity contribution is -0.139. The number of halogens is 4. The van der Waals surface area contributed by atoms with Gasteiger partial charge in [-0.1, -0.05) is 12.1 Å². The normalized spacial score (nSPS) is 18.3.